The van der Waals surface area contributed by atoms with Crippen molar-refractivity contribution in [2.24, 2.45) is 11.1 Å². The standard InChI is InChI=1S/C15H26N2/c1-10-7-11(2)13(12(3)8-10)14(17-6)15(4,5)9-16/h7-8,14,17H,9,16H2,1-6H3. The minimum Gasteiger partial charge on any atom is -0.330 e. The molecule has 1 aromatic rings. The predicted molar refractivity (Wildman–Crippen MR) is 75.3 cm³/mol. The largest absolute Gasteiger partial charge is 0.330 e. The molecule has 0 radical (unpaired) electrons. The lowest BCUT2D eigenvalue weighted by Crippen LogP contribution is -2.38. The van der Waals surface area contributed by atoms with E-state index in [2.05, 4.69) is 52.1 Å². The van der Waals surface area contributed by atoms with Crippen molar-refractivity contribution < 1.29 is 0 Å². The fourth-order valence-electron chi connectivity index (χ4n) is 2.69. The molecule has 1 aromatic carbocycles. The molecule has 1 unspecified atom stereocenters. The lowest BCUT2D eigenvalue weighted by molar-refractivity contribution is 0.264. The van der Waals surface area contributed by atoms with E-state index in [9.17, 15) is 0 Å². The monoisotopic (exact) mass is 234 g/mol. The molecule has 0 aromatic heterocycles. The molecule has 0 spiro atoms. The third kappa shape index (κ3) is 2.88. The van der Waals surface area contributed by atoms with Gasteiger partial charge in [-0.3, -0.25) is 0 Å². The van der Waals surface area contributed by atoms with Crippen molar-refractivity contribution >= 4 is 0 Å². The number of rotatable bonds is 4. The van der Waals surface area contributed by atoms with Crippen LogP contribution in [-0.2, 0) is 0 Å². The summed E-state index contributed by atoms with van der Waals surface area (Å²) in [6, 6.07) is 4.80. The number of hydrogen-bond donors (Lipinski definition) is 2. The van der Waals surface area contributed by atoms with Gasteiger partial charge in [-0.1, -0.05) is 31.5 Å². The van der Waals surface area contributed by atoms with Crippen LogP contribution in [-0.4, -0.2) is 13.6 Å². The summed E-state index contributed by atoms with van der Waals surface area (Å²) in [7, 11) is 2.01. The molecule has 17 heavy (non-hydrogen) atoms. The van der Waals surface area contributed by atoms with Crippen molar-refractivity contribution in [2.75, 3.05) is 13.6 Å². The van der Waals surface area contributed by atoms with Gasteiger partial charge in [0.05, 0.1) is 0 Å². The Labute approximate surface area is 106 Å². The number of hydrogen-bond acceptors (Lipinski definition) is 2. The summed E-state index contributed by atoms with van der Waals surface area (Å²) in [6.07, 6.45) is 0. The number of nitrogens with one attached hydrogen (secondary N) is 1. The van der Waals surface area contributed by atoms with Gasteiger partial charge in [0.1, 0.15) is 0 Å². The normalized spacial score (nSPS) is 13.8. The van der Waals surface area contributed by atoms with Gasteiger partial charge in [-0.2, -0.15) is 0 Å². The van der Waals surface area contributed by atoms with Crippen molar-refractivity contribution in [3.63, 3.8) is 0 Å². The molecular formula is C15H26N2. The molecule has 0 saturated heterocycles. The summed E-state index contributed by atoms with van der Waals surface area (Å²) in [5.41, 5.74) is 11.4. The van der Waals surface area contributed by atoms with Crippen LogP contribution in [0.4, 0.5) is 0 Å². The zero-order valence-electron chi connectivity index (χ0n) is 12.0. The van der Waals surface area contributed by atoms with Gasteiger partial charge in [-0.15, -0.1) is 0 Å². The van der Waals surface area contributed by atoms with Crippen molar-refractivity contribution in [1.82, 2.24) is 5.32 Å². The lowest BCUT2D eigenvalue weighted by Gasteiger charge is -2.35. The van der Waals surface area contributed by atoms with Crippen LogP contribution in [0.2, 0.25) is 0 Å². The maximum atomic E-state index is 5.91. The van der Waals surface area contributed by atoms with Crippen LogP contribution >= 0.6 is 0 Å². The summed E-state index contributed by atoms with van der Waals surface area (Å²) in [4.78, 5) is 0. The molecule has 2 nitrogen and oxygen atoms in total. The van der Waals surface area contributed by atoms with Crippen LogP contribution in [0.5, 0.6) is 0 Å². The fourth-order valence-corrected chi connectivity index (χ4v) is 2.69. The van der Waals surface area contributed by atoms with Crippen molar-refractivity contribution in [3.8, 4) is 0 Å². The first kappa shape index (κ1) is 14.2. The Kier molecular flexibility index (Phi) is 4.34. The van der Waals surface area contributed by atoms with E-state index in [0.717, 1.165) is 0 Å². The van der Waals surface area contributed by atoms with Gasteiger partial charge in [-0.25, -0.2) is 0 Å². The fraction of sp³-hybridized carbons (Fsp3) is 0.600. The molecule has 0 saturated carbocycles. The summed E-state index contributed by atoms with van der Waals surface area (Å²) in [6.45, 7) is 11.6. The maximum Gasteiger partial charge on any atom is 0.0386 e. The van der Waals surface area contributed by atoms with E-state index in [1.165, 1.54) is 22.3 Å². The first-order valence-corrected chi connectivity index (χ1v) is 6.28. The number of aryl methyl sites for hydroxylation is 3. The van der Waals surface area contributed by atoms with E-state index in [1.807, 2.05) is 7.05 Å². The summed E-state index contributed by atoms with van der Waals surface area (Å²) >= 11 is 0. The van der Waals surface area contributed by atoms with Crippen LogP contribution < -0.4 is 11.1 Å². The molecule has 3 N–H and O–H groups in total. The Balaban J connectivity index is 3.31. The predicted octanol–water partition coefficient (Wildman–Crippen LogP) is 2.86. The zero-order valence-corrected chi connectivity index (χ0v) is 12.0. The molecule has 0 aliphatic heterocycles. The lowest BCUT2D eigenvalue weighted by atomic mass is 9.77. The zero-order chi connectivity index (χ0) is 13.2. The Morgan fingerprint density at radius 3 is 2.00 bits per heavy atom. The summed E-state index contributed by atoms with van der Waals surface area (Å²) in [5, 5.41) is 3.43. The van der Waals surface area contributed by atoms with Crippen LogP contribution in [0.3, 0.4) is 0 Å². The quantitative estimate of drug-likeness (QED) is 0.840. The highest BCUT2D eigenvalue weighted by atomic mass is 14.9. The van der Waals surface area contributed by atoms with Crippen molar-refractivity contribution in [1.29, 1.82) is 0 Å². The average Bonchev–Trinajstić information content (AvgIpc) is 2.22. The molecule has 0 aliphatic carbocycles. The van der Waals surface area contributed by atoms with Gasteiger partial charge in [0.25, 0.3) is 0 Å². The number of nitrogens with two attached hydrogens (primary N) is 1. The minimum absolute atomic E-state index is 0.0551. The Hall–Kier alpha value is -0.860. The molecule has 1 atom stereocenters. The highest BCUT2D eigenvalue weighted by Crippen LogP contribution is 2.35. The van der Waals surface area contributed by atoms with Crippen LogP contribution in [0.1, 0.15) is 42.1 Å². The summed E-state index contributed by atoms with van der Waals surface area (Å²) < 4.78 is 0. The van der Waals surface area contributed by atoms with E-state index in [1.54, 1.807) is 0 Å². The van der Waals surface area contributed by atoms with E-state index in [0.29, 0.717) is 12.6 Å². The number of benzene rings is 1. The highest BCUT2D eigenvalue weighted by Gasteiger charge is 2.30. The van der Waals surface area contributed by atoms with Crippen LogP contribution in [0, 0.1) is 26.2 Å². The SMILES string of the molecule is CNC(c1c(C)cc(C)cc1C)C(C)(C)CN. The van der Waals surface area contributed by atoms with Gasteiger partial charge >= 0.3 is 0 Å². The Morgan fingerprint density at radius 1 is 1.18 bits per heavy atom. The van der Waals surface area contributed by atoms with Crippen molar-refractivity contribution in [3.05, 3.63) is 34.4 Å². The van der Waals surface area contributed by atoms with Gasteiger partial charge in [-0.05, 0) is 56.5 Å². The second kappa shape index (κ2) is 5.19. The maximum absolute atomic E-state index is 5.91. The second-order valence-corrected chi connectivity index (χ2v) is 5.73. The molecule has 1 rings (SSSR count). The molecule has 2 heteroatoms. The minimum atomic E-state index is 0.0551. The van der Waals surface area contributed by atoms with Crippen LogP contribution in [0.25, 0.3) is 0 Å². The van der Waals surface area contributed by atoms with E-state index >= 15 is 0 Å². The third-order valence-corrected chi connectivity index (χ3v) is 3.62. The van der Waals surface area contributed by atoms with Crippen molar-refractivity contribution in [2.45, 2.75) is 40.7 Å². The first-order chi connectivity index (χ1) is 7.83. The first-order valence-electron chi connectivity index (χ1n) is 6.28. The van der Waals surface area contributed by atoms with Gasteiger partial charge < -0.3 is 11.1 Å². The van der Waals surface area contributed by atoms with E-state index in [-0.39, 0.29) is 5.41 Å². The Bertz CT molecular complexity index is 371. The third-order valence-electron chi connectivity index (χ3n) is 3.62. The smallest absolute Gasteiger partial charge is 0.0386 e. The molecule has 0 heterocycles. The topological polar surface area (TPSA) is 38.0 Å². The Morgan fingerprint density at radius 2 is 1.65 bits per heavy atom. The molecule has 0 bridgehead atoms. The van der Waals surface area contributed by atoms with Gasteiger partial charge in [0.2, 0.25) is 0 Å². The molecule has 0 fully saturated rings. The average molecular weight is 234 g/mol. The molecule has 0 aliphatic rings. The second-order valence-electron chi connectivity index (χ2n) is 5.73. The van der Waals surface area contributed by atoms with E-state index < -0.39 is 0 Å². The van der Waals surface area contributed by atoms with Crippen LogP contribution in [0.15, 0.2) is 12.1 Å². The van der Waals surface area contributed by atoms with Gasteiger partial charge in [0, 0.05) is 6.04 Å². The van der Waals surface area contributed by atoms with E-state index in [4.69, 9.17) is 5.73 Å². The molecule has 96 valence electrons. The molecular weight excluding hydrogens is 208 g/mol. The highest BCUT2D eigenvalue weighted by molar-refractivity contribution is 5.40. The summed E-state index contributed by atoms with van der Waals surface area (Å²) in [5.74, 6) is 0. The van der Waals surface area contributed by atoms with Gasteiger partial charge in [0.15, 0.2) is 0 Å². The molecule has 0 amide bonds.